The van der Waals surface area contributed by atoms with Crippen LogP contribution in [0.25, 0.3) is 0 Å². The highest BCUT2D eigenvalue weighted by molar-refractivity contribution is 5.85. The third-order valence-corrected chi connectivity index (χ3v) is 3.76. The summed E-state index contributed by atoms with van der Waals surface area (Å²) in [6.07, 6.45) is 4.32. The number of piperidine rings is 1. The summed E-state index contributed by atoms with van der Waals surface area (Å²) in [5.74, 6) is 1.79. The van der Waals surface area contributed by atoms with Crippen molar-refractivity contribution in [3.8, 4) is 0 Å². The van der Waals surface area contributed by atoms with E-state index in [-0.39, 0.29) is 12.4 Å². The van der Waals surface area contributed by atoms with Crippen LogP contribution in [0.1, 0.15) is 32.6 Å². The Bertz CT molecular complexity index is 221. The highest BCUT2D eigenvalue weighted by Crippen LogP contribution is 2.19. The average molecular weight is 247 g/mol. The number of hydrogen-bond acceptors (Lipinski definition) is 2. The van der Waals surface area contributed by atoms with Gasteiger partial charge in [0.1, 0.15) is 0 Å². The summed E-state index contributed by atoms with van der Waals surface area (Å²) in [7, 11) is 0. The molecule has 0 aromatic carbocycles. The van der Waals surface area contributed by atoms with Crippen LogP contribution in [-0.2, 0) is 4.79 Å². The summed E-state index contributed by atoms with van der Waals surface area (Å²) in [4.78, 5) is 14.0. The Hall–Kier alpha value is -0.280. The van der Waals surface area contributed by atoms with Crippen molar-refractivity contribution < 1.29 is 4.79 Å². The number of rotatable bonds is 2. The molecule has 0 bridgehead atoms. The standard InChI is InChI=1S/C12H22N2O.ClH/c1-10-3-6-14(7-4-10)12(15)8-11-2-5-13-9-11;/h10-11,13H,2-9H2,1H3;1H. The van der Waals surface area contributed by atoms with E-state index < -0.39 is 0 Å². The van der Waals surface area contributed by atoms with Gasteiger partial charge < -0.3 is 10.2 Å². The molecule has 1 amide bonds. The molecule has 2 saturated heterocycles. The van der Waals surface area contributed by atoms with Crippen LogP contribution in [0.15, 0.2) is 0 Å². The van der Waals surface area contributed by atoms with Gasteiger partial charge in [-0.25, -0.2) is 0 Å². The molecule has 4 heteroatoms. The number of carbonyl (C=O) groups is 1. The van der Waals surface area contributed by atoms with Crippen LogP contribution >= 0.6 is 12.4 Å². The van der Waals surface area contributed by atoms with Crippen molar-refractivity contribution in [1.29, 1.82) is 0 Å². The van der Waals surface area contributed by atoms with Crippen molar-refractivity contribution in [3.05, 3.63) is 0 Å². The van der Waals surface area contributed by atoms with Crippen LogP contribution in [0, 0.1) is 11.8 Å². The summed E-state index contributed by atoms with van der Waals surface area (Å²) >= 11 is 0. The van der Waals surface area contributed by atoms with Gasteiger partial charge in [-0.2, -0.15) is 0 Å². The number of hydrogen-bond donors (Lipinski definition) is 1. The van der Waals surface area contributed by atoms with Crippen molar-refractivity contribution >= 4 is 18.3 Å². The van der Waals surface area contributed by atoms with E-state index in [9.17, 15) is 4.79 Å². The summed E-state index contributed by atoms with van der Waals surface area (Å²) in [5.41, 5.74) is 0. The normalized spacial score (nSPS) is 26.6. The molecule has 0 aromatic heterocycles. The van der Waals surface area contributed by atoms with Crippen molar-refractivity contribution in [2.24, 2.45) is 11.8 Å². The van der Waals surface area contributed by atoms with Gasteiger partial charge >= 0.3 is 0 Å². The Morgan fingerprint density at radius 3 is 2.56 bits per heavy atom. The lowest BCUT2D eigenvalue weighted by molar-refractivity contribution is -0.133. The summed E-state index contributed by atoms with van der Waals surface area (Å²) in [6, 6.07) is 0. The van der Waals surface area contributed by atoms with Gasteiger partial charge in [0, 0.05) is 19.5 Å². The smallest absolute Gasteiger partial charge is 0.222 e. The first-order valence-corrected chi connectivity index (χ1v) is 6.24. The average Bonchev–Trinajstić information content (AvgIpc) is 2.71. The molecule has 2 rings (SSSR count). The molecule has 2 heterocycles. The Labute approximate surface area is 104 Å². The lowest BCUT2D eigenvalue weighted by atomic mass is 9.97. The Kier molecular flexibility index (Phi) is 5.56. The summed E-state index contributed by atoms with van der Waals surface area (Å²) in [6.45, 7) is 6.38. The molecule has 16 heavy (non-hydrogen) atoms. The van der Waals surface area contributed by atoms with Crippen molar-refractivity contribution in [1.82, 2.24) is 10.2 Å². The molecule has 0 spiro atoms. The van der Waals surface area contributed by atoms with Gasteiger partial charge in [-0.15, -0.1) is 12.4 Å². The molecule has 0 aliphatic carbocycles. The zero-order chi connectivity index (χ0) is 10.7. The first-order chi connectivity index (χ1) is 7.25. The topological polar surface area (TPSA) is 32.3 Å². The molecule has 2 aliphatic heterocycles. The van der Waals surface area contributed by atoms with E-state index in [4.69, 9.17) is 0 Å². The minimum Gasteiger partial charge on any atom is -0.343 e. The molecular weight excluding hydrogens is 224 g/mol. The zero-order valence-electron chi connectivity index (χ0n) is 10.1. The van der Waals surface area contributed by atoms with E-state index in [0.29, 0.717) is 11.8 Å². The maximum Gasteiger partial charge on any atom is 0.222 e. The fraction of sp³-hybridized carbons (Fsp3) is 0.917. The van der Waals surface area contributed by atoms with E-state index in [2.05, 4.69) is 17.1 Å². The Morgan fingerprint density at radius 1 is 1.31 bits per heavy atom. The van der Waals surface area contributed by atoms with Gasteiger partial charge in [0.2, 0.25) is 5.91 Å². The molecule has 3 nitrogen and oxygen atoms in total. The fourth-order valence-electron chi connectivity index (χ4n) is 2.52. The lowest BCUT2D eigenvalue weighted by Gasteiger charge is -2.31. The number of nitrogens with one attached hydrogen (secondary N) is 1. The van der Waals surface area contributed by atoms with Gasteiger partial charge in [-0.05, 0) is 44.2 Å². The van der Waals surface area contributed by atoms with E-state index in [1.807, 2.05) is 0 Å². The van der Waals surface area contributed by atoms with E-state index in [1.54, 1.807) is 0 Å². The minimum atomic E-state index is 0. The van der Waals surface area contributed by atoms with Crippen LogP contribution in [0.2, 0.25) is 0 Å². The highest BCUT2D eigenvalue weighted by atomic mass is 35.5. The maximum atomic E-state index is 12.0. The van der Waals surface area contributed by atoms with Gasteiger partial charge in [0.25, 0.3) is 0 Å². The van der Waals surface area contributed by atoms with Gasteiger partial charge in [-0.3, -0.25) is 4.79 Å². The number of nitrogens with zero attached hydrogens (tertiary/aromatic N) is 1. The van der Waals surface area contributed by atoms with Crippen LogP contribution in [0.3, 0.4) is 0 Å². The van der Waals surface area contributed by atoms with Gasteiger partial charge in [0.15, 0.2) is 0 Å². The molecular formula is C12H23ClN2O. The van der Waals surface area contributed by atoms with Crippen LogP contribution in [0.5, 0.6) is 0 Å². The second-order valence-corrected chi connectivity index (χ2v) is 5.13. The minimum absolute atomic E-state index is 0. The SMILES string of the molecule is CC1CCN(C(=O)CC2CCNC2)CC1.Cl. The predicted molar refractivity (Wildman–Crippen MR) is 67.8 cm³/mol. The third kappa shape index (κ3) is 3.63. The molecule has 2 aliphatic rings. The van der Waals surface area contributed by atoms with Crippen LogP contribution in [-0.4, -0.2) is 37.0 Å². The van der Waals surface area contributed by atoms with Gasteiger partial charge in [-0.1, -0.05) is 6.92 Å². The lowest BCUT2D eigenvalue weighted by Crippen LogP contribution is -2.38. The quantitative estimate of drug-likeness (QED) is 0.804. The molecule has 94 valence electrons. The fourth-order valence-corrected chi connectivity index (χ4v) is 2.52. The molecule has 1 N–H and O–H groups in total. The second-order valence-electron chi connectivity index (χ2n) is 5.13. The third-order valence-electron chi connectivity index (χ3n) is 3.76. The predicted octanol–water partition coefficient (Wildman–Crippen LogP) is 1.67. The first-order valence-electron chi connectivity index (χ1n) is 6.24. The maximum absolute atomic E-state index is 12.0. The van der Waals surface area contributed by atoms with Crippen LogP contribution in [0.4, 0.5) is 0 Å². The molecule has 0 radical (unpaired) electrons. The monoisotopic (exact) mass is 246 g/mol. The van der Waals surface area contributed by atoms with E-state index in [1.165, 1.54) is 19.3 Å². The largest absolute Gasteiger partial charge is 0.343 e. The number of carbonyl (C=O) groups excluding carboxylic acids is 1. The Morgan fingerprint density at radius 2 is 2.00 bits per heavy atom. The molecule has 0 aromatic rings. The number of likely N-dealkylation sites (tertiary alicyclic amines) is 1. The number of halogens is 1. The first kappa shape index (κ1) is 13.8. The summed E-state index contributed by atoms with van der Waals surface area (Å²) < 4.78 is 0. The van der Waals surface area contributed by atoms with Crippen LogP contribution < -0.4 is 5.32 Å². The van der Waals surface area contributed by atoms with Crippen molar-refractivity contribution in [2.45, 2.75) is 32.6 Å². The van der Waals surface area contributed by atoms with E-state index >= 15 is 0 Å². The second kappa shape index (κ2) is 6.45. The van der Waals surface area contributed by atoms with Gasteiger partial charge in [0.05, 0.1) is 0 Å². The number of amides is 1. The zero-order valence-corrected chi connectivity index (χ0v) is 10.9. The molecule has 1 unspecified atom stereocenters. The molecule has 0 saturated carbocycles. The molecule has 2 fully saturated rings. The highest BCUT2D eigenvalue weighted by Gasteiger charge is 2.24. The molecule has 1 atom stereocenters. The summed E-state index contributed by atoms with van der Waals surface area (Å²) in [5, 5.41) is 3.32. The Balaban J connectivity index is 0.00000128. The van der Waals surface area contributed by atoms with E-state index in [0.717, 1.165) is 38.5 Å². The van der Waals surface area contributed by atoms with Crippen molar-refractivity contribution in [2.75, 3.05) is 26.2 Å². The van der Waals surface area contributed by atoms with Crippen molar-refractivity contribution in [3.63, 3.8) is 0 Å².